The van der Waals surface area contributed by atoms with E-state index in [0.717, 1.165) is 9.80 Å². The summed E-state index contributed by atoms with van der Waals surface area (Å²) in [4.78, 5) is 28.5. The van der Waals surface area contributed by atoms with Gasteiger partial charge in [-0.25, -0.2) is 14.6 Å². The standard InChI is InChI=1S/C17H14N2O3S2/c1-22-13-7-3-12(4-8-13)19-16(23)15(20)18(17(19)21)11-5-9-14(24-2)10-6-11/h3-10H,1-2H3. The third-order valence-electron chi connectivity index (χ3n) is 3.63. The maximum atomic E-state index is 12.7. The molecule has 0 spiro atoms. The molecule has 0 saturated carbocycles. The number of nitrogens with zero attached hydrogens (tertiary/aromatic N) is 2. The van der Waals surface area contributed by atoms with Crippen LogP contribution in [-0.2, 0) is 4.79 Å². The SMILES string of the molecule is COc1ccc(N2C(=O)N(c3ccc(SC)cc3)C(=O)C2=S)cc1. The molecule has 1 aliphatic rings. The zero-order valence-electron chi connectivity index (χ0n) is 13.1. The van der Waals surface area contributed by atoms with E-state index in [1.807, 2.05) is 18.4 Å². The van der Waals surface area contributed by atoms with Crippen molar-refractivity contribution in [1.82, 2.24) is 0 Å². The summed E-state index contributed by atoms with van der Waals surface area (Å²) in [5.74, 6) is 0.162. The molecule has 0 aliphatic carbocycles. The summed E-state index contributed by atoms with van der Waals surface area (Å²) >= 11 is 6.77. The number of rotatable bonds is 4. The second kappa shape index (κ2) is 6.62. The van der Waals surface area contributed by atoms with Crippen molar-refractivity contribution in [3.8, 4) is 5.75 Å². The third-order valence-corrected chi connectivity index (χ3v) is 4.73. The van der Waals surface area contributed by atoms with Gasteiger partial charge in [-0.05, 0) is 54.8 Å². The van der Waals surface area contributed by atoms with Crippen molar-refractivity contribution in [3.05, 3.63) is 48.5 Å². The molecular weight excluding hydrogens is 344 g/mol. The number of thioether (sulfide) groups is 1. The molecule has 1 saturated heterocycles. The van der Waals surface area contributed by atoms with Crippen LogP contribution in [0.3, 0.4) is 0 Å². The number of thiocarbonyl (C=S) groups is 1. The molecular formula is C17H14N2O3S2. The van der Waals surface area contributed by atoms with E-state index >= 15 is 0 Å². The largest absolute Gasteiger partial charge is 0.497 e. The van der Waals surface area contributed by atoms with Crippen LogP contribution >= 0.6 is 24.0 Å². The fraction of sp³-hybridized carbons (Fsp3) is 0.118. The van der Waals surface area contributed by atoms with Gasteiger partial charge in [0.1, 0.15) is 5.75 Å². The molecule has 2 aromatic carbocycles. The van der Waals surface area contributed by atoms with Gasteiger partial charge in [0.25, 0.3) is 5.91 Å². The number of benzene rings is 2. The molecule has 7 heteroatoms. The van der Waals surface area contributed by atoms with Crippen LogP contribution < -0.4 is 14.5 Å². The minimum Gasteiger partial charge on any atom is -0.497 e. The Bertz CT molecular complexity index is 736. The highest BCUT2D eigenvalue weighted by atomic mass is 32.2. The van der Waals surface area contributed by atoms with Crippen molar-refractivity contribution >= 4 is 52.3 Å². The van der Waals surface area contributed by atoms with Crippen LogP contribution in [-0.4, -0.2) is 30.3 Å². The van der Waals surface area contributed by atoms with Gasteiger partial charge in [0.15, 0.2) is 4.99 Å². The van der Waals surface area contributed by atoms with Crippen LogP contribution in [0.4, 0.5) is 16.2 Å². The number of carbonyl (C=O) groups is 2. The predicted molar refractivity (Wildman–Crippen MR) is 99.2 cm³/mol. The van der Waals surface area contributed by atoms with Crippen LogP contribution in [0.15, 0.2) is 53.4 Å². The first-order valence-electron chi connectivity index (χ1n) is 7.07. The molecule has 2 aromatic rings. The summed E-state index contributed by atoms with van der Waals surface area (Å²) in [5, 5.41) is 0. The van der Waals surface area contributed by atoms with Gasteiger partial charge in [-0.1, -0.05) is 12.2 Å². The van der Waals surface area contributed by atoms with E-state index in [2.05, 4.69) is 0 Å². The molecule has 0 aromatic heterocycles. The molecule has 1 aliphatic heterocycles. The van der Waals surface area contributed by atoms with E-state index in [1.165, 1.54) is 4.90 Å². The molecule has 24 heavy (non-hydrogen) atoms. The van der Waals surface area contributed by atoms with Crippen molar-refractivity contribution in [2.45, 2.75) is 4.90 Å². The summed E-state index contributed by atoms with van der Waals surface area (Å²) in [5.41, 5.74) is 1.03. The summed E-state index contributed by atoms with van der Waals surface area (Å²) in [7, 11) is 1.56. The number of hydrogen-bond acceptors (Lipinski definition) is 5. The Morgan fingerprint density at radius 1 is 0.917 bits per heavy atom. The fourth-order valence-electron chi connectivity index (χ4n) is 2.38. The summed E-state index contributed by atoms with van der Waals surface area (Å²) in [6, 6.07) is 13.5. The second-order valence-electron chi connectivity index (χ2n) is 4.96. The number of urea groups is 1. The van der Waals surface area contributed by atoms with Crippen LogP contribution in [0.5, 0.6) is 5.75 Å². The smallest absolute Gasteiger partial charge is 0.341 e. The second-order valence-corrected chi connectivity index (χ2v) is 6.23. The fourth-order valence-corrected chi connectivity index (χ4v) is 3.07. The average molecular weight is 358 g/mol. The summed E-state index contributed by atoms with van der Waals surface area (Å²) in [6.07, 6.45) is 1.96. The van der Waals surface area contributed by atoms with Gasteiger partial charge in [0, 0.05) is 4.90 Å². The highest BCUT2D eigenvalue weighted by Crippen LogP contribution is 2.29. The first-order valence-corrected chi connectivity index (χ1v) is 8.70. The topological polar surface area (TPSA) is 49.9 Å². The molecule has 0 N–H and O–H groups in total. The average Bonchev–Trinajstić information content (AvgIpc) is 2.84. The van der Waals surface area contributed by atoms with E-state index in [-0.39, 0.29) is 4.99 Å². The Kier molecular flexibility index (Phi) is 4.55. The van der Waals surface area contributed by atoms with E-state index in [4.69, 9.17) is 17.0 Å². The highest BCUT2D eigenvalue weighted by molar-refractivity contribution is 7.98. The van der Waals surface area contributed by atoms with Crippen molar-refractivity contribution in [2.75, 3.05) is 23.2 Å². The zero-order valence-corrected chi connectivity index (χ0v) is 14.7. The molecule has 1 heterocycles. The number of imide groups is 1. The Morgan fingerprint density at radius 3 is 2.00 bits per heavy atom. The van der Waals surface area contributed by atoms with E-state index < -0.39 is 11.9 Å². The quantitative estimate of drug-likeness (QED) is 0.474. The van der Waals surface area contributed by atoms with Crippen molar-refractivity contribution in [2.24, 2.45) is 0 Å². The summed E-state index contributed by atoms with van der Waals surface area (Å²) in [6.45, 7) is 0. The number of amides is 3. The van der Waals surface area contributed by atoms with Crippen molar-refractivity contribution in [1.29, 1.82) is 0 Å². The van der Waals surface area contributed by atoms with Gasteiger partial charge in [0.2, 0.25) is 0 Å². The number of hydrogen-bond donors (Lipinski definition) is 0. The molecule has 0 bridgehead atoms. The van der Waals surface area contributed by atoms with Crippen LogP contribution in [0, 0.1) is 0 Å². The zero-order chi connectivity index (χ0) is 17.3. The van der Waals surface area contributed by atoms with Gasteiger partial charge in [-0.2, -0.15) is 0 Å². The molecule has 0 radical (unpaired) electrons. The molecule has 0 atom stereocenters. The molecule has 3 amide bonds. The first-order chi connectivity index (χ1) is 11.6. The lowest BCUT2D eigenvalue weighted by Crippen LogP contribution is -2.33. The lowest BCUT2D eigenvalue weighted by molar-refractivity contribution is -0.111. The van der Waals surface area contributed by atoms with Crippen LogP contribution in [0.25, 0.3) is 0 Å². The monoisotopic (exact) mass is 358 g/mol. The Morgan fingerprint density at radius 2 is 1.46 bits per heavy atom. The minimum atomic E-state index is -0.497. The van der Waals surface area contributed by atoms with Crippen LogP contribution in [0.1, 0.15) is 0 Å². The normalized spacial score (nSPS) is 14.5. The predicted octanol–water partition coefficient (Wildman–Crippen LogP) is 3.72. The van der Waals surface area contributed by atoms with Gasteiger partial charge < -0.3 is 4.74 Å². The molecule has 1 fully saturated rings. The van der Waals surface area contributed by atoms with E-state index in [1.54, 1.807) is 55.3 Å². The number of ether oxygens (including phenoxy) is 1. The first kappa shape index (κ1) is 16.5. The van der Waals surface area contributed by atoms with Gasteiger partial charge in [-0.15, -0.1) is 11.8 Å². The van der Waals surface area contributed by atoms with Crippen molar-refractivity contribution in [3.63, 3.8) is 0 Å². The Balaban J connectivity index is 1.94. The number of anilines is 2. The number of methoxy groups -OCH3 is 1. The van der Waals surface area contributed by atoms with E-state index in [0.29, 0.717) is 17.1 Å². The molecule has 0 unspecified atom stereocenters. The highest BCUT2D eigenvalue weighted by Gasteiger charge is 2.43. The maximum Gasteiger partial charge on any atom is 0.341 e. The molecule has 3 rings (SSSR count). The Labute approximate surface area is 149 Å². The van der Waals surface area contributed by atoms with Gasteiger partial charge >= 0.3 is 6.03 Å². The summed E-state index contributed by atoms with van der Waals surface area (Å²) < 4.78 is 5.10. The van der Waals surface area contributed by atoms with E-state index in [9.17, 15) is 9.59 Å². The molecule has 5 nitrogen and oxygen atoms in total. The maximum absolute atomic E-state index is 12.7. The Hall–Kier alpha value is -2.38. The van der Waals surface area contributed by atoms with Gasteiger partial charge in [0.05, 0.1) is 18.5 Å². The molecule has 122 valence electrons. The minimum absolute atomic E-state index is 0.0425. The lowest BCUT2D eigenvalue weighted by Gasteiger charge is -2.17. The number of carbonyl (C=O) groups excluding carboxylic acids is 2. The van der Waals surface area contributed by atoms with Gasteiger partial charge in [-0.3, -0.25) is 4.79 Å². The lowest BCUT2D eigenvalue weighted by atomic mass is 10.3. The third kappa shape index (κ3) is 2.76. The van der Waals surface area contributed by atoms with Crippen molar-refractivity contribution < 1.29 is 14.3 Å². The van der Waals surface area contributed by atoms with Crippen LogP contribution in [0.2, 0.25) is 0 Å².